The second-order valence-corrected chi connectivity index (χ2v) is 9.06. The molecule has 29 heavy (non-hydrogen) atoms. The van der Waals surface area contributed by atoms with Gasteiger partial charge in [0.15, 0.2) is 6.10 Å². The Kier molecular flexibility index (Phi) is 6.20. The molecule has 0 radical (unpaired) electrons. The molecule has 0 unspecified atom stereocenters. The summed E-state index contributed by atoms with van der Waals surface area (Å²) >= 11 is 0. The number of nitrogens with one attached hydrogen (secondary N) is 1. The lowest BCUT2D eigenvalue weighted by atomic mass is 9.78. The molecule has 1 saturated carbocycles. The number of oxime groups is 1. The normalized spacial score (nSPS) is 30.2. The minimum absolute atomic E-state index is 0.0252. The van der Waals surface area contributed by atoms with Crippen LogP contribution in [0.5, 0.6) is 0 Å². The van der Waals surface area contributed by atoms with Gasteiger partial charge in [-0.3, -0.25) is 9.69 Å². The summed E-state index contributed by atoms with van der Waals surface area (Å²) in [5.74, 6) is 0.515. The van der Waals surface area contributed by atoms with Crippen molar-refractivity contribution in [3.63, 3.8) is 0 Å². The molecule has 1 N–H and O–H groups in total. The van der Waals surface area contributed by atoms with Crippen LogP contribution < -0.4 is 5.32 Å². The van der Waals surface area contributed by atoms with E-state index >= 15 is 0 Å². The van der Waals surface area contributed by atoms with Crippen molar-refractivity contribution in [3.05, 3.63) is 35.9 Å². The number of morpholine rings is 1. The lowest BCUT2D eigenvalue weighted by Gasteiger charge is -2.50. The van der Waals surface area contributed by atoms with Gasteiger partial charge in [0.1, 0.15) is 11.3 Å². The van der Waals surface area contributed by atoms with Crippen LogP contribution >= 0.6 is 0 Å². The summed E-state index contributed by atoms with van der Waals surface area (Å²) in [6, 6.07) is 9.98. The number of ether oxygens (including phenoxy) is 1. The second kappa shape index (κ2) is 8.84. The summed E-state index contributed by atoms with van der Waals surface area (Å²) in [4.78, 5) is 21.0. The molecule has 2 heterocycles. The van der Waals surface area contributed by atoms with Crippen LogP contribution in [0.4, 0.5) is 0 Å². The van der Waals surface area contributed by atoms with Crippen molar-refractivity contribution < 1.29 is 14.4 Å². The van der Waals surface area contributed by atoms with E-state index in [1.165, 1.54) is 0 Å². The molecule has 6 nitrogen and oxygen atoms in total. The SMILES string of the molecule is CC(C)CN1CCO[C@]2(CCCC[C@@H]2NC(=O)C2=NO[C@H](c3ccccc3)C2)C1. The van der Waals surface area contributed by atoms with Crippen LogP contribution in [0, 0.1) is 5.92 Å². The smallest absolute Gasteiger partial charge is 0.269 e. The number of benzene rings is 1. The Morgan fingerprint density at radius 1 is 1.31 bits per heavy atom. The van der Waals surface area contributed by atoms with Gasteiger partial charge in [-0.15, -0.1) is 0 Å². The first-order valence-corrected chi connectivity index (χ1v) is 11.0. The van der Waals surface area contributed by atoms with Gasteiger partial charge in [0.05, 0.1) is 12.6 Å². The molecule has 1 spiro atoms. The molecule has 1 aromatic carbocycles. The maximum atomic E-state index is 13.0. The fourth-order valence-corrected chi connectivity index (χ4v) is 4.93. The van der Waals surface area contributed by atoms with Crippen LogP contribution in [-0.4, -0.2) is 54.4 Å². The Labute approximate surface area is 173 Å². The van der Waals surface area contributed by atoms with Crippen molar-refractivity contribution in [2.45, 2.75) is 63.7 Å². The Morgan fingerprint density at radius 3 is 2.93 bits per heavy atom. The Bertz CT molecular complexity index is 732. The van der Waals surface area contributed by atoms with Crippen molar-refractivity contribution in [2.24, 2.45) is 11.1 Å². The van der Waals surface area contributed by atoms with Gasteiger partial charge in [-0.05, 0) is 24.3 Å². The summed E-state index contributed by atoms with van der Waals surface area (Å²) in [5, 5.41) is 7.37. The van der Waals surface area contributed by atoms with Crippen molar-refractivity contribution in [2.75, 3.05) is 26.2 Å². The third kappa shape index (κ3) is 4.64. The van der Waals surface area contributed by atoms with Crippen LogP contribution in [-0.2, 0) is 14.4 Å². The van der Waals surface area contributed by atoms with E-state index in [4.69, 9.17) is 9.57 Å². The van der Waals surface area contributed by atoms with Crippen LogP contribution in [0.25, 0.3) is 0 Å². The molecule has 1 saturated heterocycles. The van der Waals surface area contributed by atoms with Crippen molar-refractivity contribution in [1.29, 1.82) is 0 Å². The van der Waals surface area contributed by atoms with E-state index in [9.17, 15) is 4.79 Å². The summed E-state index contributed by atoms with van der Waals surface area (Å²) in [6.45, 7) is 8.18. The Hall–Kier alpha value is -1.92. The number of nitrogens with zero attached hydrogens (tertiary/aromatic N) is 2. The second-order valence-electron chi connectivity index (χ2n) is 9.06. The molecular formula is C23H33N3O3. The maximum absolute atomic E-state index is 13.0. The van der Waals surface area contributed by atoms with Gasteiger partial charge in [-0.2, -0.15) is 0 Å². The average Bonchev–Trinajstić information content (AvgIpc) is 3.21. The number of carbonyl (C=O) groups excluding carboxylic acids is 1. The lowest BCUT2D eigenvalue weighted by molar-refractivity contribution is -0.149. The van der Waals surface area contributed by atoms with Gasteiger partial charge < -0.3 is 14.9 Å². The zero-order valence-electron chi connectivity index (χ0n) is 17.6. The molecule has 0 aromatic heterocycles. The Morgan fingerprint density at radius 2 is 2.14 bits per heavy atom. The van der Waals surface area contributed by atoms with E-state index in [0.717, 1.165) is 57.5 Å². The Balaban J connectivity index is 1.40. The largest absolute Gasteiger partial charge is 0.387 e. The van der Waals surface area contributed by atoms with Gasteiger partial charge in [-0.1, -0.05) is 62.2 Å². The van der Waals surface area contributed by atoms with Crippen LogP contribution in [0.3, 0.4) is 0 Å². The molecule has 1 amide bonds. The molecule has 3 atom stereocenters. The summed E-state index contributed by atoms with van der Waals surface area (Å²) in [5.41, 5.74) is 1.25. The average molecular weight is 400 g/mol. The van der Waals surface area contributed by atoms with Crippen molar-refractivity contribution in [1.82, 2.24) is 10.2 Å². The molecule has 6 heteroatoms. The fourth-order valence-electron chi connectivity index (χ4n) is 4.93. The number of rotatable bonds is 5. The zero-order valence-corrected chi connectivity index (χ0v) is 17.6. The third-order valence-electron chi connectivity index (χ3n) is 6.30. The van der Waals surface area contributed by atoms with Gasteiger partial charge in [0.2, 0.25) is 0 Å². The number of carbonyl (C=O) groups is 1. The summed E-state index contributed by atoms with van der Waals surface area (Å²) in [7, 11) is 0. The molecule has 158 valence electrons. The van der Waals surface area contributed by atoms with Crippen molar-refractivity contribution >= 4 is 11.6 Å². The maximum Gasteiger partial charge on any atom is 0.269 e. The standard InChI is InChI=1S/C23H33N3O3/c1-17(2)15-26-12-13-28-23(16-26)11-7-6-10-21(23)24-22(27)19-14-20(29-25-19)18-8-4-3-5-9-18/h3-5,8-9,17,20-21H,6-7,10-16H2,1-2H3,(H,24,27)/t20-,21-,23+/m0/s1. The first kappa shape index (κ1) is 20.4. The highest BCUT2D eigenvalue weighted by atomic mass is 16.6. The topological polar surface area (TPSA) is 63.2 Å². The van der Waals surface area contributed by atoms with E-state index in [2.05, 4.69) is 29.2 Å². The van der Waals surface area contributed by atoms with Gasteiger partial charge in [-0.25, -0.2) is 0 Å². The zero-order chi connectivity index (χ0) is 20.3. The molecule has 2 aliphatic heterocycles. The molecule has 1 aliphatic carbocycles. The van der Waals surface area contributed by atoms with E-state index in [1.807, 2.05) is 30.3 Å². The lowest BCUT2D eigenvalue weighted by Crippen LogP contribution is -2.64. The number of hydrogen-bond acceptors (Lipinski definition) is 5. The van der Waals surface area contributed by atoms with Gasteiger partial charge >= 0.3 is 0 Å². The predicted octanol–water partition coefficient (Wildman–Crippen LogP) is 3.29. The van der Waals surface area contributed by atoms with Gasteiger partial charge in [0, 0.05) is 26.1 Å². The molecular weight excluding hydrogens is 366 g/mol. The van der Waals surface area contributed by atoms with E-state index in [1.54, 1.807) is 0 Å². The van der Waals surface area contributed by atoms with E-state index in [-0.39, 0.29) is 23.7 Å². The highest BCUT2D eigenvalue weighted by Gasteiger charge is 2.46. The molecule has 1 aromatic rings. The van der Waals surface area contributed by atoms with Crippen LogP contribution in [0.15, 0.2) is 35.5 Å². The van der Waals surface area contributed by atoms with Crippen LogP contribution in [0.2, 0.25) is 0 Å². The quantitative estimate of drug-likeness (QED) is 0.825. The summed E-state index contributed by atoms with van der Waals surface area (Å²) in [6.07, 6.45) is 4.57. The minimum atomic E-state index is -0.278. The van der Waals surface area contributed by atoms with Gasteiger partial charge in [0.25, 0.3) is 5.91 Å². The molecule has 0 bridgehead atoms. The summed E-state index contributed by atoms with van der Waals surface area (Å²) < 4.78 is 6.36. The molecule has 2 fully saturated rings. The third-order valence-corrected chi connectivity index (χ3v) is 6.30. The molecule has 3 aliphatic rings. The minimum Gasteiger partial charge on any atom is -0.387 e. The first-order chi connectivity index (χ1) is 14.1. The van der Waals surface area contributed by atoms with Crippen molar-refractivity contribution in [3.8, 4) is 0 Å². The first-order valence-electron chi connectivity index (χ1n) is 11.0. The number of hydrogen-bond donors (Lipinski definition) is 1. The van der Waals surface area contributed by atoms with Crippen LogP contribution in [0.1, 0.15) is 57.6 Å². The van der Waals surface area contributed by atoms with E-state index in [0.29, 0.717) is 18.1 Å². The fraction of sp³-hybridized carbons (Fsp3) is 0.652. The highest BCUT2D eigenvalue weighted by Crippen LogP contribution is 2.35. The predicted molar refractivity (Wildman–Crippen MR) is 113 cm³/mol. The number of amides is 1. The van der Waals surface area contributed by atoms with E-state index < -0.39 is 0 Å². The molecule has 4 rings (SSSR count). The monoisotopic (exact) mass is 399 g/mol. The highest BCUT2D eigenvalue weighted by molar-refractivity contribution is 6.39.